The summed E-state index contributed by atoms with van der Waals surface area (Å²) in [6.45, 7) is 1.79. The van der Waals surface area contributed by atoms with Crippen LogP contribution in [0.25, 0.3) is 11.3 Å². The van der Waals surface area contributed by atoms with E-state index in [2.05, 4.69) is 4.98 Å². The van der Waals surface area contributed by atoms with Gasteiger partial charge in [-0.1, -0.05) is 0 Å². The molecular weight excluding hydrogens is 204 g/mol. The van der Waals surface area contributed by atoms with E-state index in [1.807, 2.05) is 23.9 Å². The molecule has 1 N–H and O–H groups in total. The number of nitrogens with zero attached hydrogens (tertiary/aromatic N) is 2. The Morgan fingerprint density at radius 2 is 2.25 bits per heavy atom. The zero-order valence-electron chi connectivity index (χ0n) is 9.14. The molecule has 0 amide bonds. The van der Waals surface area contributed by atoms with Crippen molar-refractivity contribution in [1.29, 1.82) is 0 Å². The van der Waals surface area contributed by atoms with Crippen molar-refractivity contribution in [3.05, 3.63) is 41.9 Å². The molecule has 4 heteroatoms. The van der Waals surface area contributed by atoms with Crippen LogP contribution in [0.4, 0.5) is 0 Å². The lowest BCUT2D eigenvalue weighted by Crippen LogP contribution is -2.01. The van der Waals surface area contributed by atoms with Gasteiger partial charge in [-0.2, -0.15) is 0 Å². The van der Waals surface area contributed by atoms with Crippen LogP contribution in [-0.2, 0) is 7.05 Å². The summed E-state index contributed by atoms with van der Waals surface area (Å²) in [4.78, 5) is 15.2. The second kappa shape index (κ2) is 3.81. The monoisotopic (exact) mass is 216 g/mol. The first kappa shape index (κ1) is 10.4. The Hall–Kier alpha value is -2.10. The van der Waals surface area contributed by atoms with Gasteiger partial charge in [0, 0.05) is 31.2 Å². The Kier molecular flexibility index (Phi) is 2.48. The number of carbonyl (C=O) groups is 1. The van der Waals surface area contributed by atoms with Crippen molar-refractivity contribution in [2.75, 3.05) is 0 Å². The molecule has 0 aromatic carbocycles. The minimum Gasteiger partial charge on any atom is -0.478 e. The first-order valence-corrected chi connectivity index (χ1v) is 4.91. The van der Waals surface area contributed by atoms with Gasteiger partial charge >= 0.3 is 5.97 Å². The van der Waals surface area contributed by atoms with Gasteiger partial charge in [-0.05, 0) is 24.6 Å². The average Bonchev–Trinajstić information content (AvgIpc) is 2.55. The zero-order valence-corrected chi connectivity index (χ0v) is 9.14. The van der Waals surface area contributed by atoms with E-state index in [-0.39, 0.29) is 0 Å². The fraction of sp³-hybridized carbons (Fsp3) is 0.167. The fourth-order valence-corrected chi connectivity index (χ4v) is 1.90. The van der Waals surface area contributed by atoms with Gasteiger partial charge in [0.25, 0.3) is 0 Å². The van der Waals surface area contributed by atoms with Crippen molar-refractivity contribution >= 4 is 5.97 Å². The first-order valence-electron chi connectivity index (χ1n) is 4.91. The number of hydrogen-bond acceptors (Lipinski definition) is 2. The van der Waals surface area contributed by atoms with Crippen LogP contribution in [0, 0.1) is 6.92 Å². The minimum absolute atomic E-state index is 0.343. The largest absolute Gasteiger partial charge is 0.478 e. The van der Waals surface area contributed by atoms with Crippen molar-refractivity contribution in [3.63, 3.8) is 0 Å². The molecule has 0 saturated carbocycles. The second-order valence-electron chi connectivity index (χ2n) is 3.69. The summed E-state index contributed by atoms with van der Waals surface area (Å²) in [5.74, 6) is -0.906. The molecule has 0 unspecified atom stereocenters. The number of aryl methyl sites for hydroxylation is 2. The van der Waals surface area contributed by atoms with Crippen molar-refractivity contribution < 1.29 is 9.90 Å². The number of aromatic nitrogens is 2. The smallest absolute Gasteiger partial charge is 0.338 e. The number of pyridine rings is 1. The molecule has 2 aromatic rings. The predicted molar refractivity (Wildman–Crippen MR) is 60.3 cm³/mol. The molecule has 0 bridgehead atoms. The van der Waals surface area contributed by atoms with Gasteiger partial charge in [0.15, 0.2) is 0 Å². The van der Waals surface area contributed by atoms with E-state index in [1.165, 1.54) is 0 Å². The maximum atomic E-state index is 11.2. The number of aromatic carboxylic acids is 1. The highest BCUT2D eigenvalue weighted by molar-refractivity contribution is 5.96. The SMILES string of the molecule is Cc1cn(C)c(-c2cccnc2)c1C(=O)O. The fourth-order valence-electron chi connectivity index (χ4n) is 1.90. The standard InChI is InChI=1S/C12H12N2O2/c1-8-7-14(2)11(10(8)12(15)16)9-4-3-5-13-6-9/h3-7H,1-2H3,(H,15,16). The zero-order chi connectivity index (χ0) is 11.7. The molecule has 2 rings (SSSR count). The first-order chi connectivity index (χ1) is 7.61. The molecular formula is C12H12N2O2. The molecule has 0 aliphatic rings. The van der Waals surface area contributed by atoms with Crippen LogP contribution in [0.3, 0.4) is 0 Å². The number of carboxylic acids is 1. The molecule has 0 aliphatic carbocycles. The highest BCUT2D eigenvalue weighted by Crippen LogP contribution is 2.26. The number of carboxylic acid groups (broad SMARTS) is 1. The maximum Gasteiger partial charge on any atom is 0.338 e. The molecule has 2 aromatic heterocycles. The van der Waals surface area contributed by atoms with Crippen molar-refractivity contribution in [1.82, 2.24) is 9.55 Å². The lowest BCUT2D eigenvalue weighted by atomic mass is 10.1. The molecule has 0 aliphatic heterocycles. The van der Waals surface area contributed by atoms with Gasteiger partial charge in [-0.15, -0.1) is 0 Å². The second-order valence-corrected chi connectivity index (χ2v) is 3.69. The Morgan fingerprint density at radius 3 is 2.81 bits per heavy atom. The third kappa shape index (κ3) is 1.58. The molecule has 4 nitrogen and oxygen atoms in total. The topological polar surface area (TPSA) is 55.1 Å². The van der Waals surface area contributed by atoms with Gasteiger partial charge in [-0.3, -0.25) is 4.98 Å². The normalized spacial score (nSPS) is 10.4. The summed E-state index contributed by atoms with van der Waals surface area (Å²) in [6.07, 6.45) is 5.15. The summed E-state index contributed by atoms with van der Waals surface area (Å²) < 4.78 is 1.82. The molecule has 0 fully saturated rings. The third-order valence-corrected chi connectivity index (χ3v) is 2.52. The Bertz CT molecular complexity index is 529. The van der Waals surface area contributed by atoms with E-state index < -0.39 is 5.97 Å². The maximum absolute atomic E-state index is 11.2. The summed E-state index contributed by atoms with van der Waals surface area (Å²) >= 11 is 0. The predicted octanol–water partition coefficient (Wildman–Crippen LogP) is 2.09. The van der Waals surface area contributed by atoms with E-state index >= 15 is 0 Å². The molecule has 0 atom stereocenters. The summed E-state index contributed by atoms with van der Waals surface area (Å²) in [5.41, 5.74) is 2.61. The lowest BCUT2D eigenvalue weighted by Gasteiger charge is -2.04. The van der Waals surface area contributed by atoms with Gasteiger partial charge in [0.1, 0.15) is 0 Å². The quantitative estimate of drug-likeness (QED) is 0.836. The van der Waals surface area contributed by atoms with Crippen LogP contribution in [0.5, 0.6) is 0 Å². The highest BCUT2D eigenvalue weighted by atomic mass is 16.4. The highest BCUT2D eigenvalue weighted by Gasteiger charge is 2.18. The van der Waals surface area contributed by atoms with Gasteiger partial charge < -0.3 is 9.67 Å². The molecule has 0 saturated heterocycles. The van der Waals surface area contributed by atoms with Gasteiger partial charge in [0.05, 0.1) is 11.3 Å². The summed E-state index contributed by atoms with van der Waals surface area (Å²) in [6, 6.07) is 3.65. The van der Waals surface area contributed by atoms with Crippen molar-refractivity contribution in [3.8, 4) is 11.3 Å². The van der Waals surface area contributed by atoms with E-state index in [0.717, 1.165) is 11.1 Å². The molecule has 16 heavy (non-hydrogen) atoms. The summed E-state index contributed by atoms with van der Waals surface area (Å²) in [7, 11) is 1.84. The van der Waals surface area contributed by atoms with Crippen LogP contribution >= 0.6 is 0 Å². The Balaban J connectivity index is 2.69. The minimum atomic E-state index is -0.906. The van der Waals surface area contributed by atoms with Crippen LogP contribution in [0.15, 0.2) is 30.7 Å². The van der Waals surface area contributed by atoms with E-state index in [4.69, 9.17) is 0 Å². The molecule has 0 spiro atoms. The number of rotatable bonds is 2. The third-order valence-electron chi connectivity index (χ3n) is 2.52. The Labute approximate surface area is 93.2 Å². The average molecular weight is 216 g/mol. The molecule has 2 heterocycles. The lowest BCUT2D eigenvalue weighted by molar-refractivity contribution is 0.0697. The van der Waals surface area contributed by atoms with E-state index in [0.29, 0.717) is 11.3 Å². The van der Waals surface area contributed by atoms with Crippen LogP contribution in [0.1, 0.15) is 15.9 Å². The van der Waals surface area contributed by atoms with Crippen molar-refractivity contribution in [2.45, 2.75) is 6.92 Å². The molecule has 82 valence electrons. The number of hydrogen-bond donors (Lipinski definition) is 1. The van der Waals surface area contributed by atoms with Gasteiger partial charge in [0.2, 0.25) is 0 Å². The van der Waals surface area contributed by atoms with E-state index in [9.17, 15) is 9.90 Å². The van der Waals surface area contributed by atoms with Crippen LogP contribution in [0.2, 0.25) is 0 Å². The van der Waals surface area contributed by atoms with Crippen LogP contribution < -0.4 is 0 Å². The Morgan fingerprint density at radius 1 is 1.50 bits per heavy atom. The van der Waals surface area contributed by atoms with Crippen LogP contribution in [-0.4, -0.2) is 20.6 Å². The molecule has 0 radical (unpaired) electrons. The van der Waals surface area contributed by atoms with Crippen molar-refractivity contribution in [2.24, 2.45) is 7.05 Å². The van der Waals surface area contributed by atoms with E-state index in [1.54, 1.807) is 25.4 Å². The van der Waals surface area contributed by atoms with Gasteiger partial charge in [-0.25, -0.2) is 4.79 Å². The summed E-state index contributed by atoms with van der Waals surface area (Å²) in [5, 5.41) is 9.19.